The normalized spacial score (nSPS) is 23.1. The molecule has 2 nitrogen and oxygen atoms in total. The molecule has 112 valence electrons. The van der Waals surface area contributed by atoms with Crippen LogP contribution in [0.1, 0.15) is 32.8 Å². The molecule has 1 heterocycles. The number of nitrogens with zero attached hydrogens (tertiary/aromatic N) is 1. The standard InChI is InChI=1S/C16H24F2N2/c1-4-19-8-13-6-14(17)16(15(18)7-13)20-9-11(2)5-12(3)10-20/h6-7,11-12,19H,4-5,8-10H2,1-3H3. The molecule has 4 heteroatoms. The molecule has 0 aliphatic carbocycles. The monoisotopic (exact) mass is 282 g/mol. The SMILES string of the molecule is CCNCc1cc(F)c(N2CC(C)CC(C)C2)c(F)c1. The van der Waals surface area contributed by atoms with Crippen molar-refractivity contribution in [3.05, 3.63) is 29.3 Å². The van der Waals surface area contributed by atoms with Gasteiger partial charge in [0.25, 0.3) is 0 Å². The molecule has 2 atom stereocenters. The van der Waals surface area contributed by atoms with Crippen molar-refractivity contribution >= 4 is 5.69 Å². The highest BCUT2D eigenvalue weighted by Gasteiger charge is 2.26. The summed E-state index contributed by atoms with van der Waals surface area (Å²) in [4.78, 5) is 1.86. The van der Waals surface area contributed by atoms with Gasteiger partial charge >= 0.3 is 0 Å². The average Bonchev–Trinajstić information content (AvgIpc) is 2.34. The van der Waals surface area contributed by atoms with Crippen molar-refractivity contribution in [2.75, 3.05) is 24.5 Å². The Bertz CT molecular complexity index is 429. The number of hydrogen-bond acceptors (Lipinski definition) is 2. The number of rotatable bonds is 4. The summed E-state index contributed by atoms with van der Waals surface area (Å²) in [5.41, 5.74) is 0.798. The molecular weight excluding hydrogens is 258 g/mol. The summed E-state index contributed by atoms with van der Waals surface area (Å²) in [7, 11) is 0. The van der Waals surface area contributed by atoms with Gasteiger partial charge in [-0.2, -0.15) is 0 Å². The lowest BCUT2D eigenvalue weighted by molar-refractivity contribution is 0.351. The quantitative estimate of drug-likeness (QED) is 0.908. The van der Waals surface area contributed by atoms with Crippen LogP contribution in [0.5, 0.6) is 0 Å². The van der Waals surface area contributed by atoms with Gasteiger partial charge in [-0.05, 0) is 42.5 Å². The summed E-state index contributed by atoms with van der Waals surface area (Å²) in [6.07, 6.45) is 1.12. The van der Waals surface area contributed by atoms with Crippen LogP contribution in [-0.2, 0) is 6.54 Å². The Labute approximate surface area is 120 Å². The zero-order chi connectivity index (χ0) is 14.7. The lowest BCUT2D eigenvalue weighted by Gasteiger charge is -2.37. The van der Waals surface area contributed by atoms with Crippen LogP contribution < -0.4 is 10.2 Å². The molecule has 1 saturated heterocycles. The van der Waals surface area contributed by atoms with Crippen LogP contribution in [0, 0.1) is 23.5 Å². The topological polar surface area (TPSA) is 15.3 Å². The maximum absolute atomic E-state index is 14.3. The van der Waals surface area contributed by atoms with Crippen molar-refractivity contribution in [3.8, 4) is 0 Å². The molecule has 0 aromatic heterocycles. The van der Waals surface area contributed by atoms with E-state index in [1.54, 1.807) is 0 Å². The van der Waals surface area contributed by atoms with Gasteiger partial charge in [0.15, 0.2) is 0 Å². The number of hydrogen-bond donors (Lipinski definition) is 1. The van der Waals surface area contributed by atoms with Crippen molar-refractivity contribution in [2.24, 2.45) is 11.8 Å². The highest BCUT2D eigenvalue weighted by Crippen LogP contribution is 2.31. The Morgan fingerprint density at radius 2 is 1.70 bits per heavy atom. The predicted molar refractivity (Wildman–Crippen MR) is 78.9 cm³/mol. The van der Waals surface area contributed by atoms with Crippen molar-refractivity contribution in [1.82, 2.24) is 5.32 Å². The molecule has 1 aliphatic rings. The lowest BCUT2D eigenvalue weighted by atomic mass is 9.91. The third kappa shape index (κ3) is 3.48. The first kappa shape index (κ1) is 15.2. The predicted octanol–water partition coefficient (Wildman–Crippen LogP) is 3.56. The van der Waals surface area contributed by atoms with E-state index in [9.17, 15) is 8.78 Å². The second kappa shape index (κ2) is 6.53. The van der Waals surface area contributed by atoms with Crippen LogP contribution in [-0.4, -0.2) is 19.6 Å². The fourth-order valence-corrected chi connectivity index (χ4v) is 3.14. The van der Waals surface area contributed by atoms with E-state index >= 15 is 0 Å². The van der Waals surface area contributed by atoms with Crippen molar-refractivity contribution in [3.63, 3.8) is 0 Å². The third-order valence-electron chi connectivity index (χ3n) is 3.84. The molecule has 1 aromatic rings. The third-order valence-corrected chi connectivity index (χ3v) is 3.84. The first-order valence-corrected chi connectivity index (χ1v) is 7.44. The lowest BCUT2D eigenvalue weighted by Crippen LogP contribution is -2.39. The molecule has 1 aromatic carbocycles. The smallest absolute Gasteiger partial charge is 0.149 e. The molecule has 2 rings (SSSR count). The van der Waals surface area contributed by atoms with E-state index in [4.69, 9.17) is 0 Å². The summed E-state index contributed by atoms with van der Waals surface area (Å²) in [6, 6.07) is 2.90. The average molecular weight is 282 g/mol. The molecule has 0 spiro atoms. The zero-order valence-corrected chi connectivity index (χ0v) is 12.5. The molecular formula is C16H24F2N2. The van der Waals surface area contributed by atoms with E-state index in [0.29, 0.717) is 23.9 Å². The second-order valence-electron chi connectivity index (χ2n) is 6.04. The number of piperidine rings is 1. The maximum Gasteiger partial charge on any atom is 0.149 e. The number of anilines is 1. The van der Waals surface area contributed by atoms with Gasteiger partial charge in [-0.25, -0.2) is 8.78 Å². The van der Waals surface area contributed by atoms with E-state index in [2.05, 4.69) is 19.2 Å². The largest absolute Gasteiger partial charge is 0.366 e. The van der Waals surface area contributed by atoms with E-state index < -0.39 is 11.6 Å². The molecule has 0 saturated carbocycles. The minimum absolute atomic E-state index is 0.142. The summed E-state index contributed by atoms with van der Waals surface area (Å²) < 4.78 is 28.5. The molecule has 1 fully saturated rings. The first-order chi connectivity index (χ1) is 9.51. The van der Waals surface area contributed by atoms with E-state index in [1.165, 1.54) is 12.1 Å². The number of benzene rings is 1. The summed E-state index contributed by atoms with van der Waals surface area (Å²) >= 11 is 0. The molecule has 2 unspecified atom stereocenters. The zero-order valence-electron chi connectivity index (χ0n) is 12.5. The Hall–Kier alpha value is -1.16. The molecule has 1 aliphatic heterocycles. The van der Waals surface area contributed by atoms with Crippen molar-refractivity contribution in [2.45, 2.75) is 33.7 Å². The van der Waals surface area contributed by atoms with E-state index in [-0.39, 0.29) is 5.69 Å². The van der Waals surface area contributed by atoms with Crippen molar-refractivity contribution in [1.29, 1.82) is 0 Å². The Kier molecular flexibility index (Phi) is 4.97. The highest BCUT2D eigenvalue weighted by atomic mass is 19.1. The van der Waals surface area contributed by atoms with Crippen LogP contribution in [0.2, 0.25) is 0 Å². The molecule has 20 heavy (non-hydrogen) atoms. The number of halogens is 2. The highest BCUT2D eigenvalue weighted by molar-refractivity contribution is 5.51. The minimum atomic E-state index is -0.445. The van der Waals surface area contributed by atoms with Gasteiger partial charge in [0.1, 0.15) is 17.3 Å². The van der Waals surface area contributed by atoms with Crippen LogP contribution in [0.25, 0.3) is 0 Å². The molecule has 0 bridgehead atoms. The van der Waals surface area contributed by atoms with Gasteiger partial charge in [0, 0.05) is 19.6 Å². The van der Waals surface area contributed by atoms with Crippen LogP contribution in [0.15, 0.2) is 12.1 Å². The minimum Gasteiger partial charge on any atom is -0.366 e. The molecule has 1 N–H and O–H groups in total. The Morgan fingerprint density at radius 1 is 1.15 bits per heavy atom. The van der Waals surface area contributed by atoms with E-state index in [1.807, 2.05) is 11.8 Å². The van der Waals surface area contributed by atoms with Crippen LogP contribution >= 0.6 is 0 Å². The Morgan fingerprint density at radius 3 is 2.20 bits per heavy atom. The Balaban J connectivity index is 2.23. The van der Waals surface area contributed by atoms with Gasteiger partial charge in [0.2, 0.25) is 0 Å². The second-order valence-corrected chi connectivity index (χ2v) is 6.04. The number of nitrogens with one attached hydrogen (secondary N) is 1. The molecule has 0 radical (unpaired) electrons. The van der Waals surface area contributed by atoms with Gasteiger partial charge in [-0.1, -0.05) is 20.8 Å². The first-order valence-electron chi connectivity index (χ1n) is 7.44. The molecule has 0 amide bonds. The summed E-state index contributed by atoms with van der Waals surface area (Å²) in [5.74, 6) is 0.0522. The summed E-state index contributed by atoms with van der Waals surface area (Å²) in [5, 5.41) is 3.09. The van der Waals surface area contributed by atoms with Crippen LogP contribution in [0.4, 0.5) is 14.5 Å². The fourth-order valence-electron chi connectivity index (χ4n) is 3.14. The summed E-state index contributed by atoms with van der Waals surface area (Å²) in [6.45, 7) is 8.98. The fraction of sp³-hybridized carbons (Fsp3) is 0.625. The van der Waals surface area contributed by atoms with Gasteiger partial charge in [-0.15, -0.1) is 0 Å². The van der Waals surface area contributed by atoms with Gasteiger partial charge in [0.05, 0.1) is 0 Å². The maximum atomic E-state index is 14.3. The van der Waals surface area contributed by atoms with Gasteiger partial charge < -0.3 is 10.2 Å². The van der Waals surface area contributed by atoms with Gasteiger partial charge in [-0.3, -0.25) is 0 Å². The van der Waals surface area contributed by atoms with E-state index in [0.717, 1.165) is 26.1 Å². The van der Waals surface area contributed by atoms with Crippen molar-refractivity contribution < 1.29 is 8.78 Å². The van der Waals surface area contributed by atoms with Crippen LogP contribution in [0.3, 0.4) is 0 Å².